The molecule has 3 nitrogen and oxygen atoms in total. The van der Waals surface area contributed by atoms with Gasteiger partial charge in [0.2, 0.25) is 0 Å². The highest BCUT2D eigenvalue weighted by atomic mass is 16.5. The summed E-state index contributed by atoms with van der Waals surface area (Å²) in [6.07, 6.45) is 2.12. The maximum Gasteiger partial charge on any atom is 0.122 e. The van der Waals surface area contributed by atoms with Gasteiger partial charge in [0.25, 0.3) is 0 Å². The molecule has 2 heterocycles. The van der Waals surface area contributed by atoms with Gasteiger partial charge in [-0.1, -0.05) is 25.1 Å². The first kappa shape index (κ1) is 14.2. The average molecular weight is 285 g/mol. The topological polar surface area (TPSA) is 34.4 Å². The van der Waals surface area contributed by atoms with Crippen molar-refractivity contribution in [2.24, 2.45) is 0 Å². The van der Waals surface area contributed by atoms with E-state index in [9.17, 15) is 0 Å². The Kier molecular flexibility index (Phi) is 4.30. The van der Waals surface area contributed by atoms with E-state index in [0.29, 0.717) is 5.92 Å². The summed E-state index contributed by atoms with van der Waals surface area (Å²) in [6, 6.07) is 12.7. The molecule has 2 unspecified atom stereocenters. The Labute approximate surface area is 126 Å². The van der Waals surface area contributed by atoms with E-state index in [1.165, 1.54) is 5.56 Å². The molecule has 3 rings (SSSR count). The van der Waals surface area contributed by atoms with Gasteiger partial charge in [0.05, 0.1) is 12.6 Å². The van der Waals surface area contributed by atoms with Gasteiger partial charge in [-0.3, -0.25) is 0 Å². The van der Waals surface area contributed by atoms with Gasteiger partial charge in [-0.05, 0) is 50.1 Å². The van der Waals surface area contributed by atoms with E-state index in [2.05, 4.69) is 36.5 Å². The number of furan rings is 1. The summed E-state index contributed by atoms with van der Waals surface area (Å²) in [7, 11) is 0. The Morgan fingerprint density at radius 2 is 2.10 bits per heavy atom. The molecule has 0 bridgehead atoms. The number of benzene rings is 1. The van der Waals surface area contributed by atoms with Gasteiger partial charge in [-0.15, -0.1) is 0 Å². The molecule has 0 saturated carbocycles. The van der Waals surface area contributed by atoms with Crippen molar-refractivity contribution >= 4 is 0 Å². The number of aryl methyl sites for hydroxylation is 1. The van der Waals surface area contributed by atoms with Crippen LogP contribution in [0.2, 0.25) is 0 Å². The fraction of sp³-hybridized carbons (Fsp3) is 0.444. The van der Waals surface area contributed by atoms with Crippen LogP contribution in [0, 0.1) is 6.92 Å². The van der Waals surface area contributed by atoms with Crippen LogP contribution in [-0.2, 0) is 0 Å². The minimum atomic E-state index is 0.212. The average Bonchev–Trinajstić information content (AvgIpc) is 2.94. The first-order valence-electron chi connectivity index (χ1n) is 7.81. The molecule has 0 aliphatic carbocycles. The molecule has 0 spiro atoms. The van der Waals surface area contributed by atoms with Crippen LogP contribution in [0.4, 0.5) is 0 Å². The van der Waals surface area contributed by atoms with E-state index < -0.39 is 0 Å². The maximum atomic E-state index is 5.91. The Hall–Kier alpha value is -1.74. The van der Waals surface area contributed by atoms with Gasteiger partial charge >= 0.3 is 0 Å². The molecule has 2 aromatic rings. The van der Waals surface area contributed by atoms with Crippen LogP contribution >= 0.6 is 0 Å². The maximum absolute atomic E-state index is 5.91. The van der Waals surface area contributed by atoms with Crippen molar-refractivity contribution in [3.05, 3.63) is 53.5 Å². The van der Waals surface area contributed by atoms with E-state index >= 15 is 0 Å². The zero-order valence-corrected chi connectivity index (χ0v) is 12.8. The second-order valence-corrected chi connectivity index (χ2v) is 5.66. The third-order valence-electron chi connectivity index (χ3n) is 4.09. The lowest BCUT2D eigenvalue weighted by Crippen LogP contribution is -2.30. The molecule has 0 fully saturated rings. The van der Waals surface area contributed by atoms with Crippen LogP contribution in [0.1, 0.15) is 48.8 Å². The molecule has 1 aromatic heterocycles. The fourth-order valence-electron chi connectivity index (χ4n) is 3.08. The summed E-state index contributed by atoms with van der Waals surface area (Å²) >= 11 is 0. The van der Waals surface area contributed by atoms with E-state index in [4.69, 9.17) is 9.15 Å². The first-order chi connectivity index (χ1) is 10.3. The summed E-state index contributed by atoms with van der Waals surface area (Å²) in [5.74, 6) is 3.41. The summed E-state index contributed by atoms with van der Waals surface area (Å²) in [6.45, 7) is 5.95. The highest BCUT2D eigenvalue weighted by Gasteiger charge is 2.31. The molecule has 3 heteroatoms. The molecule has 1 aliphatic heterocycles. The Morgan fingerprint density at radius 3 is 2.86 bits per heavy atom. The Bertz CT molecular complexity index is 590. The zero-order chi connectivity index (χ0) is 14.7. The summed E-state index contributed by atoms with van der Waals surface area (Å²) < 4.78 is 11.7. The normalized spacial score (nSPS) is 18.9. The van der Waals surface area contributed by atoms with Crippen molar-refractivity contribution in [3.63, 3.8) is 0 Å². The second kappa shape index (κ2) is 6.35. The predicted molar refractivity (Wildman–Crippen MR) is 83.8 cm³/mol. The second-order valence-electron chi connectivity index (χ2n) is 5.66. The van der Waals surface area contributed by atoms with Crippen molar-refractivity contribution in [1.82, 2.24) is 5.32 Å². The molecule has 1 N–H and O–H groups in total. The van der Waals surface area contributed by atoms with Gasteiger partial charge in [0.15, 0.2) is 0 Å². The monoisotopic (exact) mass is 285 g/mol. The number of para-hydroxylation sites is 1. The quantitative estimate of drug-likeness (QED) is 0.894. The van der Waals surface area contributed by atoms with Gasteiger partial charge in [0, 0.05) is 5.92 Å². The van der Waals surface area contributed by atoms with Gasteiger partial charge < -0.3 is 14.5 Å². The summed E-state index contributed by atoms with van der Waals surface area (Å²) in [5.41, 5.74) is 1.28. The van der Waals surface area contributed by atoms with E-state index in [1.807, 2.05) is 19.1 Å². The Morgan fingerprint density at radius 1 is 1.24 bits per heavy atom. The minimum absolute atomic E-state index is 0.212. The number of hydrogen-bond donors (Lipinski definition) is 1. The third kappa shape index (κ3) is 2.98. The van der Waals surface area contributed by atoms with Gasteiger partial charge in [-0.2, -0.15) is 0 Å². The lowest BCUT2D eigenvalue weighted by Gasteiger charge is -2.32. The molecule has 2 atom stereocenters. The highest BCUT2D eigenvalue weighted by Crippen LogP contribution is 2.41. The van der Waals surface area contributed by atoms with E-state index in [1.54, 1.807) is 0 Å². The Balaban J connectivity index is 1.93. The molecule has 112 valence electrons. The van der Waals surface area contributed by atoms with Crippen LogP contribution in [0.5, 0.6) is 5.75 Å². The van der Waals surface area contributed by atoms with Crippen molar-refractivity contribution in [1.29, 1.82) is 0 Å². The fourth-order valence-corrected chi connectivity index (χ4v) is 3.08. The smallest absolute Gasteiger partial charge is 0.122 e. The van der Waals surface area contributed by atoms with Crippen molar-refractivity contribution in [3.8, 4) is 5.75 Å². The molecular weight excluding hydrogens is 262 g/mol. The first-order valence-corrected chi connectivity index (χ1v) is 7.81. The number of hydrogen-bond acceptors (Lipinski definition) is 3. The van der Waals surface area contributed by atoms with E-state index in [0.717, 1.165) is 43.3 Å². The third-order valence-corrected chi connectivity index (χ3v) is 4.09. The molecule has 0 radical (unpaired) electrons. The predicted octanol–water partition coefficient (Wildman–Crippen LogP) is 4.20. The SMILES string of the molecule is CCCNC(c1ccc(C)o1)C1CCOc2ccccc21. The van der Waals surface area contributed by atoms with Crippen molar-refractivity contribution in [2.75, 3.05) is 13.2 Å². The van der Waals surface area contributed by atoms with Crippen LogP contribution in [0.25, 0.3) is 0 Å². The summed E-state index contributed by atoms with van der Waals surface area (Å²) in [4.78, 5) is 0. The summed E-state index contributed by atoms with van der Waals surface area (Å²) in [5, 5.41) is 3.66. The van der Waals surface area contributed by atoms with Crippen LogP contribution in [-0.4, -0.2) is 13.2 Å². The van der Waals surface area contributed by atoms with Gasteiger partial charge in [-0.25, -0.2) is 0 Å². The number of rotatable bonds is 5. The molecule has 0 saturated heterocycles. The highest BCUT2D eigenvalue weighted by molar-refractivity contribution is 5.39. The van der Waals surface area contributed by atoms with Crippen LogP contribution in [0.3, 0.4) is 0 Å². The van der Waals surface area contributed by atoms with Crippen molar-refractivity contribution in [2.45, 2.75) is 38.6 Å². The lowest BCUT2D eigenvalue weighted by molar-refractivity contribution is 0.235. The molecule has 1 aromatic carbocycles. The molecule has 0 amide bonds. The van der Waals surface area contributed by atoms with E-state index in [-0.39, 0.29) is 6.04 Å². The molecule has 1 aliphatic rings. The number of nitrogens with one attached hydrogen (secondary N) is 1. The molecule has 21 heavy (non-hydrogen) atoms. The molecular formula is C18H23NO2. The number of ether oxygens (including phenoxy) is 1. The largest absolute Gasteiger partial charge is 0.493 e. The zero-order valence-electron chi connectivity index (χ0n) is 12.8. The standard InChI is InChI=1S/C18H23NO2/c1-3-11-19-18(17-9-8-13(2)21-17)15-10-12-20-16-7-5-4-6-14(15)16/h4-9,15,18-19H,3,10-12H2,1-2H3. The van der Waals surface area contributed by atoms with Crippen molar-refractivity contribution < 1.29 is 9.15 Å². The minimum Gasteiger partial charge on any atom is -0.493 e. The van der Waals surface area contributed by atoms with Crippen LogP contribution < -0.4 is 10.1 Å². The number of fused-ring (bicyclic) bond motifs is 1. The lowest BCUT2D eigenvalue weighted by atomic mass is 9.85. The van der Waals surface area contributed by atoms with Crippen LogP contribution in [0.15, 0.2) is 40.8 Å². The van der Waals surface area contributed by atoms with Gasteiger partial charge in [0.1, 0.15) is 17.3 Å².